The van der Waals surface area contributed by atoms with Crippen LogP contribution in [0, 0.1) is 11.8 Å². The van der Waals surface area contributed by atoms with Gasteiger partial charge in [0.25, 0.3) is 5.91 Å². The fourth-order valence-electron chi connectivity index (χ4n) is 5.13. The molecule has 4 amide bonds. The minimum atomic E-state index is -1.20. The van der Waals surface area contributed by atoms with Crippen LogP contribution in [0.1, 0.15) is 38.8 Å². The summed E-state index contributed by atoms with van der Waals surface area (Å²) < 4.78 is 9.43. The highest BCUT2D eigenvalue weighted by molar-refractivity contribution is 5.86. The molecule has 3 rings (SSSR count). The van der Waals surface area contributed by atoms with Crippen molar-refractivity contribution in [3.05, 3.63) is 90.1 Å². The van der Waals surface area contributed by atoms with Crippen molar-refractivity contribution in [2.24, 2.45) is 11.8 Å². The summed E-state index contributed by atoms with van der Waals surface area (Å²) in [5.74, 6) is -1.58. The van der Waals surface area contributed by atoms with E-state index in [0.29, 0.717) is 0 Å². The molecule has 1 heterocycles. The van der Waals surface area contributed by atoms with Crippen LogP contribution in [0.25, 0.3) is 11.3 Å². The van der Waals surface area contributed by atoms with Crippen LogP contribution in [0.4, 0.5) is 9.59 Å². The van der Waals surface area contributed by atoms with Crippen molar-refractivity contribution in [2.75, 3.05) is 20.8 Å². The van der Waals surface area contributed by atoms with E-state index in [4.69, 9.17) is 9.47 Å². The topological polar surface area (TPSA) is 171 Å². The van der Waals surface area contributed by atoms with Crippen LogP contribution in [-0.4, -0.2) is 84.1 Å². The maximum absolute atomic E-state index is 13.6. The Balaban J connectivity index is 1.91. The number of nitrogens with zero attached hydrogens (tertiary/aromatic N) is 2. The predicted molar refractivity (Wildman–Crippen MR) is 185 cm³/mol. The van der Waals surface area contributed by atoms with Crippen LogP contribution in [0.3, 0.4) is 0 Å². The molecule has 2 aromatic carbocycles. The lowest BCUT2D eigenvalue weighted by Gasteiger charge is -2.33. The van der Waals surface area contributed by atoms with Crippen molar-refractivity contribution in [3.8, 4) is 11.3 Å². The van der Waals surface area contributed by atoms with Crippen LogP contribution in [0.5, 0.6) is 0 Å². The first kappa shape index (κ1) is 38.4. The Morgan fingerprint density at radius 2 is 1.31 bits per heavy atom. The summed E-state index contributed by atoms with van der Waals surface area (Å²) in [5, 5.41) is 21.3. The minimum Gasteiger partial charge on any atom is -0.453 e. The number of aliphatic hydroxyl groups is 1. The second-order valence-electron chi connectivity index (χ2n) is 12.4. The SMILES string of the molecule is COC(=O)N[C@H](C(=O)N[C@@H](Cc1ccccc1)[C@@H](O)CN(Cc1ccc(-c2ccccn2)cc1)NC(=O)[C@@H](NC(=O)OC)C(C)C)C(C)C. The van der Waals surface area contributed by atoms with Crippen molar-refractivity contribution in [3.63, 3.8) is 0 Å². The van der Waals surface area contributed by atoms with Crippen molar-refractivity contribution < 1.29 is 33.8 Å². The molecule has 49 heavy (non-hydrogen) atoms. The molecule has 4 atom stereocenters. The highest BCUT2D eigenvalue weighted by Gasteiger charge is 2.32. The number of benzene rings is 2. The van der Waals surface area contributed by atoms with Crippen molar-refractivity contribution in [1.82, 2.24) is 31.4 Å². The molecule has 0 saturated carbocycles. The van der Waals surface area contributed by atoms with Gasteiger partial charge in [-0.1, -0.05) is 88.4 Å². The van der Waals surface area contributed by atoms with Crippen LogP contribution in [0.15, 0.2) is 79.0 Å². The zero-order chi connectivity index (χ0) is 35.9. The molecule has 3 aromatic rings. The van der Waals surface area contributed by atoms with Crippen molar-refractivity contribution in [2.45, 2.75) is 64.9 Å². The molecule has 264 valence electrons. The number of carbonyl (C=O) groups excluding carboxylic acids is 4. The number of aliphatic hydroxyl groups excluding tert-OH is 1. The van der Waals surface area contributed by atoms with E-state index < -0.39 is 48.2 Å². The molecule has 5 N–H and O–H groups in total. The largest absolute Gasteiger partial charge is 0.453 e. The van der Waals surface area contributed by atoms with E-state index in [1.807, 2.05) is 72.8 Å². The Bertz CT molecular complexity index is 1490. The first-order chi connectivity index (χ1) is 23.4. The van der Waals surface area contributed by atoms with E-state index in [9.17, 15) is 24.3 Å². The van der Waals surface area contributed by atoms with Gasteiger partial charge in [0.05, 0.1) is 32.1 Å². The fourth-order valence-corrected chi connectivity index (χ4v) is 5.13. The van der Waals surface area contributed by atoms with Crippen LogP contribution in [0.2, 0.25) is 0 Å². The van der Waals surface area contributed by atoms with Crippen molar-refractivity contribution >= 4 is 24.0 Å². The van der Waals surface area contributed by atoms with E-state index in [1.165, 1.54) is 14.2 Å². The van der Waals surface area contributed by atoms with Crippen LogP contribution < -0.4 is 21.4 Å². The van der Waals surface area contributed by atoms with Gasteiger partial charge in [0.15, 0.2) is 0 Å². The minimum absolute atomic E-state index is 0.106. The van der Waals surface area contributed by atoms with Crippen LogP contribution >= 0.6 is 0 Å². The first-order valence-electron chi connectivity index (χ1n) is 16.2. The molecule has 0 saturated heterocycles. The molecular weight excluding hydrogens is 628 g/mol. The number of aromatic nitrogens is 1. The second-order valence-corrected chi connectivity index (χ2v) is 12.4. The molecule has 0 radical (unpaired) electrons. The smallest absolute Gasteiger partial charge is 0.407 e. The zero-order valence-electron chi connectivity index (χ0n) is 28.9. The number of nitrogens with one attached hydrogen (secondary N) is 4. The Morgan fingerprint density at radius 1 is 0.735 bits per heavy atom. The lowest BCUT2D eigenvalue weighted by atomic mass is 9.98. The van der Waals surface area contributed by atoms with Gasteiger partial charge in [-0.2, -0.15) is 0 Å². The number of amides is 4. The fraction of sp³-hybridized carbons (Fsp3) is 0.417. The third-order valence-corrected chi connectivity index (χ3v) is 7.87. The van der Waals surface area contributed by atoms with Gasteiger partial charge in [-0.05, 0) is 41.5 Å². The molecular formula is C36H48N6O7. The molecule has 0 unspecified atom stereocenters. The maximum atomic E-state index is 13.6. The second kappa shape index (κ2) is 19.1. The summed E-state index contributed by atoms with van der Waals surface area (Å²) in [6.45, 7) is 7.22. The normalized spacial score (nSPS) is 13.6. The van der Waals surface area contributed by atoms with Gasteiger partial charge in [0.1, 0.15) is 12.1 Å². The first-order valence-corrected chi connectivity index (χ1v) is 16.2. The Morgan fingerprint density at radius 3 is 1.84 bits per heavy atom. The van der Waals surface area contributed by atoms with E-state index in [1.54, 1.807) is 38.9 Å². The van der Waals surface area contributed by atoms with Crippen LogP contribution in [-0.2, 0) is 32.0 Å². The van der Waals surface area contributed by atoms with Gasteiger partial charge >= 0.3 is 12.2 Å². The molecule has 0 spiro atoms. The molecule has 13 heteroatoms. The Hall–Kier alpha value is -5.01. The standard InChI is InChI=1S/C36H48N6O7/c1-23(2)31(39-35(46)48-5)33(44)38-29(20-25-12-8-7-9-13-25)30(43)22-42(41-34(45)32(24(3)4)40-36(47)49-6)21-26-15-17-27(18-16-26)28-14-10-11-19-37-28/h7-19,23-24,29-32,43H,20-22H2,1-6H3,(H,38,44)(H,39,46)(H,40,47)(H,41,45)/t29-,30-,31-,32-/m0/s1. The number of methoxy groups -OCH3 is 2. The quantitative estimate of drug-likeness (QED) is 0.143. The number of rotatable bonds is 16. The maximum Gasteiger partial charge on any atom is 0.407 e. The third-order valence-electron chi connectivity index (χ3n) is 7.87. The van der Waals surface area contributed by atoms with Gasteiger partial charge in [-0.15, -0.1) is 0 Å². The number of hydrogen-bond donors (Lipinski definition) is 5. The third kappa shape index (κ3) is 12.2. The molecule has 13 nitrogen and oxygen atoms in total. The highest BCUT2D eigenvalue weighted by atomic mass is 16.5. The number of carbonyl (C=O) groups is 4. The number of pyridine rings is 1. The summed E-state index contributed by atoms with van der Waals surface area (Å²) in [4.78, 5) is 55.5. The van der Waals surface area contributed by atoms with E-state index in [0.717, 1.165) is 22.4 Å². The average Bonchev–Trinajstić information content (AvgIpc) is 3.09. The zero-order valence-corrected chi connectivity index (χ0v) is 28.9. The number of hydrazine groups is 1. The number of hydrogen-bond acceptors (Lipinski definition) is 9. The summed E-state index contributed by atoms with van der Waals surface area (Å²) in [6, 6.07) is 20.0. The van der Waals surface area contributed by atoms with Crippen molar-refractivity contribution in [1.29, 1.82) is 0 Å². The molecule has 0 aliphatic heterocycles. The summed E-state index contributed by atoms with van der Waals surface area (Å²) >= 11 is 0. The highest BCUT2D eigenvalue weighted by Crippen LogP contribution is 2.18. The number of ether oxygens (including phenoxy) is 2. The van der Waals surface area contributed by atoms with E-state index >= 15 is 0 Å². The lowest BCUT2D eigenvalue weighted by molar-refractivity contribution is -0.131. The average molecular weight is 677 g/mol. The Labute approximate surface area is 287 Å². The van der Waals surface area contributed by atoms with Gasteiger partial charge < -0.3 is 30.5 Å². The molecule has 0 fully saturated rings. The van der Waals surface area contributed by atoms with Gasteiger partial charge in [0.2, 0.25) is 5.91 Å². The van der Waals surface area contributed by atoms with Gasteiger partial charge in [0, 0.05) is 24.8 Å². The predicted octanol–water partition coefficient (Wildman–Crippen LogP) is 3.43. The molecule has 0 aliphatic carbocycles. The van der Waals surface area contributed by atoms with E-state index in [2.05, 4.69) is 26.4 Å². The molecule has 1 aromatic heterocycles. The summed E-state index contributed by atoms with van der Waals surface area (Å²) in [7, 11) is 2.43. The summed E-state index contributed by atoms with van der Waals surface area (Å²) in [6.07, 6.45) is -0.729. The Kier molecular flexibility index (Phi) is 15.0. The molecule has 0 aliphatic rings. The van der Waals surface area contributed by atoms with Gasteiger partial charge in [-0.3, -0.25) is 20.0 Å². The lowest BCUT2D eigenvalue weighted by Crippen LogP contribution is -2.59. The monoisotopic (exact) mass is 676 g/mol. The number of alkyl carbamates (subject to hydrolysis) is 2. The van der Waals surface area contributed by atoms with E-state index in [-0.39, 0.29) is 31.3 Å². The van der Waals surface area contributed by atoms with Gasteiger partial charge in [-0.25, -0.2) is 14.6 Å². The molecule has 0 bridgehead atoms. The summed E-state index contributed by atoms with van der Waals surface area (Å²) in [5.41, 5.74) is 6.26.